The number of phenols is 1. The lowest BCUT2D eigenvalue weighted by Crippen LogP contribution is -2.09. The minimum atomic E-state index is -0.783. The van der Waals surface area contributed by atoms with Gasteiger partial charge in [-0.15, -0.1) is 0 Å². The average Bonchev–Trinajstić information content (AvgIpc) is 3.07. The first kappa shape index (κ1) is 12.4. The molecule has 3 nitrogen and oxygen atoms in total. The van der Waals surface area contributed by atoms with Crippen LogP contribution in [0.1, 0.15) is 36.3 Å². The monoisotopic (exact) mass is 298 g/mol. The third-order valence-electron chi connectivity index (χ3n) is 3.33. The van der Waals surface area contributed by atoms with Crippen molar-refractivity contribution in [2.45, 2.75) is 32.1 Å². The van der Waals surface area contributed by atoms with Crippen LogP contribution < -0.4 is 0 Å². The fraction of sp³-hybridized carbons (Fsp3) is 0.462. The van der Waals surface area contributed by atoms with E-state index in [-0.39, 0.29) is 18.1 Å². The van der Waals surface area contributed by atoms with Gasteiger partial charge in [0.25, 0.3) is 0 Å². The Morgan fingerprint density at radius 3 is 2.71 bits per heavy atom. The molecule has 0 heterocycles. The van der Waals surface area contributed by atoms with E-state index in [0.717, 1.165) is 24.0 Å². The molecule has 0 spiro atoms. The van der Waals surface area contributed by atoms with Gasteiger partial charge in [-0.3, -0.25) is 4.79 Å². The van der Waals surface area contributed by atoms with Crippen molar-refractivity contribution in [2.24, 2.45) is 5.92 Å². The van der Waals surface area contributed by atoms with Crippen molar-refractivity contribution in [1.29, 1.82) is 0 Å². The van der Waals surface area contributed by atoms with Gasteiger partial charge in [0, 0.05) is 0 Å². The Labute approximate surface area is 109 Å². The fourth-order valence-electron chi connectivity index (χ4n) is 2.18. The number of carboxylic acids is 1. The Bertz CT molecular complexity index is 452. The van der Waals surface area contributed by atoms with Gasteiger partial charge < -0.3 is 10.2 Å². The zero-order chi connectivity index (χ0) is 12.6. The zero-order valence-electron chi connectivity index (χ0n) is 9.61. The molecule has 1 aliphatic carbocycles. The normalized spacial score (nSPS) is 16.8. The first-order valence-corrected chi connectivity index (χ1v) is 6.49. The van der Waals surface area contributed by atoms with Gasteiger partial charge in [-0.25, -0.2) is 0 Å². The van der Waals surface area contributed by atoms with Crippen LogP contribution in [0.4, 0.5) is 0 Å². The molecule has 1 saturated carbocycles. The first-order valence-electron chi connectivity index (χ1n) is 5.70. The number of benzene rings is 1. The highest BCUT2D eigenvalue weighted by Crippen LogP contribution is 2.48. The molecule has 0 aliphatic heterocycles. The van der Waals surface area contributed by atoms with Crippen LogP contribution in [0.25, 0.3) is 0 Å². The molecule has 92 valence electrons. The molecule has 0 aromatic heterocycles. The summed E-state index contributed by atoms with van der Waals surface area (Å²) in [4.78, 5) is 10.9. The Morgan fingerprint density at radius 1 is 1.53 bits per heavy atom. The second-order valence-corrected chi connectivity index (χ2v) is 5.47. The molecule has 4 heteroatoms. The van der Waals surface area contributed by atoms with Gasteiger partial charge in [0.15, 0.2) is 0 Å². The van der Waals surface area contributed by atoms with Gasteiger partial charge in [0.1, 0.15) is 5.75 Å². The van der Waals surface area contributed by atoms with E-state index in [0.29, 0.717) is 10.4 Å². The highest BCUT2D eigenvalue weighted by molar-refractivity contribution is 9.10. The molecule has 1 aromatic carbocycles. The SMILES string of the molecule is Cc1ccc(C(CC(=O)O)C2CC2)c(Br)c1O. The lowest BCUT2D eigenvalue weighted by atomic mass is 9.90. The molecule has 1 unspecified atom stereocenters. The number of rotatable bonds is 4. The van der Waals surface area contributed by atoms with Gasteiger partial charge >= 0.3 is 5.97 Å². The number of aryl methyl sites for hydroxylation is 1. The Balaban J connectivity index is 2.35. The topological polar surface area (TPSA) is 57.5 Å². The maximum atomic E-state index is 10.9. The van der Waals surface area contributed by atoms with E-state index < -0.39 is 5.97 Å². The number of phenolic OH excluding ortho intramolecular Hbond substituents is 1. The molecule has 1 aliphatic rings. The Hall–Kier alpha value is -1.03. The van der Waals surface area contributed by atoms with Crippen LogP contribution in [0, 0.1) is 12.8 Å². The molecular weight excluding hydrogens is 284 g/mol. The van der Waals surface area contributed by atoms with Crippen LogP contribution in [0.3, 0.4) is 0 Å². The van der Waals surface area contributed by atoms with Gasteiger partial charge in [0.05, 0.1) is 10.9 Å². The molecule has 1 atom stereocenters. The first-order chi connectivity index (χ1) is 8.00. The molecule has 0 amide bonds. The predicted molar refractivity (Wildman–Crippen MR) is 68.3 cm³/mol. The van der Waals surface area contributed by atoms with E-state index in [1.54, 1.807) is 0 Å². The molecule has 0 radical (unpaired) electrons. The van der Waals surface area contributed by atoms with Crippen molar-refractivity contribution in [2.75, 3.05) is 0 Å². The lowest BCUT2D eigenvalue weighted by Gasteiger charge is -2.17. The highest BCUT2D eigenvalue weighted by Gasteiger charge is 2.35. The van der Waals surface area contributed by atoms with Gasteiger partial charge in [-0.1, -0.05) is 12.1 Å². The summed E-state index contributed by atoms with van der Waals surface area (Å²) < 4.78 is 0.649. The second kappa shape index (κ2) is 4.69. The van der Waals surface area contributed by atoms with Crippen molar-refractivity contribution in [3.63, 3.8) is 0 Å². The number of hydrogen-bond donors (Lipinski definition) is 2. The molecule has 2 N–H and O–H groups in total. The number of aliphatic carboxylic acids is 1. The summed E-state index contributed by atoms with van der Waals surface area (Å²) in [6, 6.07) is 3.76. The minimum Gasteiger partial charge on any atom is -0.506 e. The van der Waals surface area contributed by atoms with Crippen molar-refractivity contribution in [3.8, 4) is 5.75 Å². The molecular formula is C13H15BrO3. The van der Waals surface area contributed by atoms with E-state index >= 15 is 0 Å². The van der Waals surface area contributed by atoms with Crippen LogP contribution in [-0.2, 0) is 4.79 Å². The van der Waals surface area contributed by atoms with Crippen molar-refractivity contribution in [1.82, 2.24) is 0 Å². The van der Waals surface area contributed by atoms with E-state index in [9.17, 15) is 9.90 Å². The number of carboxylic acid groups (broad SMARTS) is 1. The maximum Gasteiger partial charge on any atom is 0.303 e. The fourth-order valence-corrected chi connectivity index (χ4v) is 2.92. The van der Waals surface area contributed by atoms with Crippen molar-refractivity contribution < 1.29 is 15.0 Å². The van der Waals surface area contributed by atoms with E-state index in [1.165, 1.54) is 0 Å². The van der Waals surface area contributed by atoms with E-state index in [4.69, 9.17) is 5.11 Å². The minimum absolute atomic E-state index is 0.00775. The van der Waals surface area contributed by atoms with Gasteiger partial charge in [0.2, 0.25) is 0 Å². The van der Waals surface area contributed by atoms with Gasteiger partial charge in [-0.05, 0) is 58.7 Å². The average molecular weight is 299 g/mol. The van der Waals surface area contributed by atoms with E-state index in [2.05, 4.69) is 15.9 Å². The lowest BCUT2D eigenvalue weighted by molar-refractivity contribution is -0.137. The molecule has 1 fully saturated rings. The highest BCUT2D eigenvalue weighted by atomic mass is 79.9. The van der Waals surface area contributed by atoms with Crippen LogP contribution >= 0.6 is 15.9 Å². The van der Waals surface area contributed by atoms with Crippen LogP contribution in [0.2, 0.25) is 0 Å². The number of aromatic hydroxyl groups is 1. The number of carbonyl (C=O) groups is 1. The molecule has 2 rings (SSSR count). The molecule has 0 bridgehead atoms. The summed E-state index contributed by atoms with van der Waals surface area (Å²) in [7, 11) is 0. The summed E-state index contributed by atoms with van der Waals surface area (Å²) >= 11 is 3.37. The summed E-state index contributed by atoms with van der Waals surface area (Å²) in [6.07, 6.45) is 2.30. The summed E-state index contributed by atoms with van der Waals surface area (Å²) in [5.41, 5.74) is 1.71. The maximum absolute atomic E-state index is 10.9. The third-order valence-corrected chi connectivity index (χ3v) is 4.17. The number of hydrogen-bond acceptors (Lipinski definition) is 2. The van der Waals surface area contributed by atoms with Gasteiger partial charge in [-0.2, -0.15) is 0 Å². The quantitative estimate of drug-likeness (QED) is 0.895. The Morgan fingerprint density at radius 2 is 2.18 bits per heavy atom. The van der Waals surface area contributed by atoms with Crippen LogP contribution in [-0.4, -0.2) is 16.2 Å². The van der Waals surface area contributed by atoms with Crippen molar-refractivity contribution in [3.05, 3.63) is 27.7 Å². The summed E-state index contributed by atoms with van der Waals surface area (Å²) in [5.74, 6) is -0.106. The summed E-state index contributed by atoms with van der Waals surface area (Å²) in [6.45, 7) is 1.83. The Kier molecular flexibility index (Phi) is 3.43. The van der Waals surface area contributed by atoms with Crippen LogP contribution in [0.5, 0.6) is 5.75 Å². The smallest absolute Gasteiger partial charge is 0.303 e. The standard InChI is InChI=1S/C13H15BrO3/c1-7-2-5-9(12(14)13(7)17)10(6-11(15)16)8-3-4-8/h2,5,8,10,17H,3-4,6H2,1H3,(H,15,16). The largest absolute Gasteiger partial charge is 0.506 e. The predicted octanol–water partition coefficient (Wildman–Crippen LogP) is 3.43. The van der Waals surface area contributed by atoms with Crippen molar-refractivity contribution >= 4 is 21.9 Å². The third kappa shape index (κ3) is 2.63. The second-order valence-electron chi connectivity index (χ2n) is 4.68. The van der Waals surface area contributed by atoms with Crippen LogP contribution in [0.15, 0.2) is 16.6 Å². The summed E-state index contributed by atoms with van der Waals surface area (Å²) in [5, 5.41) is 18.8. The molecule has 1 aromatic rings. The zero-order valence-corrected chi connectivity index (χ0v) is 11.2. The molecule has 0 saturated heterocycles. The van der Waals surface area contributed by atoms with E-state index in [1.807, 2.05) is 19.1 Å². The molecule has 17 heavy (non-hydrogen) atoms. The number of halogens is 1.